The van der Waals surface area contributed by atoms with Crippen LogP contribution >= 0.6 is 0 Å². The van der Waals surface area contributed by atoms with Gasteiger partial charge in [0, 0.05) is 30.4 Å². The van der Waals surface area contributed by atoms with Gasteiger partial charge in [0.25, 0.3) is 11.5 Å². The molecule has 214 valence electrons. The van der Waals surface area contributed by atoms with Gasteiger partial charge in [0.05, 0.1) is 28.2 Å². The van der Waals surface area contributed by atoms with Crippen LogP contribution in [0.1, 0.15) is 47.6 Å². The van der Waals surface area contributed by atoms with Crippen LogP contribution < -0.4 is 16.6 Å². The topological polar surface area (TPSA) is 144 Å². The maximum atomic E-state index is 14.3. The Kier molecular flexibility index (Phi) is 5.35. The number of carbonyl (C=O) groups excluding carboxylic acids is 1. The number of hydrogen-bond acceptors (Lipinski definition) is 8. The highest BCUT2D eigenvalue weighted by Gasteiger charge is 2.83. The number of nitrogens with one attached hydrogen (secondary N) is 1. The second kappa shape index (κ2) is 8.97. The lowest BCUT2D eigenvalue weighted by Crippen LogP contribution is -2.53. The number of anilines is 1. The third-order valence-electron chi connectivity index (χ3n) is 9.38. The van der Waals surface area contributed by atoms with Gasteiger partial charge in [0.1, 0.15) is 17.0 Å². The van der Waals surface area contributed by atoms with E-state index in [-0.39, 0.29) is 28.4 Å². The summed E-state index contributed by atoms with van der Waals surface area (Å²) in [6.07, 6.45) is 5.11. The van der Waals surface area contributed by atoms with Crippen LogP contribution in [0, 0.1) is 17.8 Å². The fraction of sp³-hybridized carbons (Fsp3) is 0.281. The molecule has 1 amide bonds. The molecule has 11 nitrogen and oxygen atoms in total. The van der Waals surface area contributed by atoms with Crippen LogP contribution in [-0.4, -0.2) is 64.3 Å². The van der Waals surface area contributed by atoms with E-state index in [1.54, 1.807) is 43.6 Å². The van der Waals surface area contributed by atoms with Crippen molar-refractivity contribution in [2.24, 2.45) is 5.92 Å². The van der Waals surface area contributed by atoms with Crippen LogP contribution in [0.4, 0.5) is 5.82 Å². The maximum absolute atomic E-state index is 14.3. The Hall–Kier alpha value is -5.05. The molecule has 1 aliphatic carbocycles. The molecule has 5 aromatic rings. The molecule has 11 heteroatoms. The number of nitrogens with zero attached hydrogens (tertiary/aromatic N) is 6. The lowest BCUT2D eigenvalue weighted by Gasteiger charge is -2.40. The van der Waals surface area contributed by atoms with E-state index < -0.39 is 17.6 Å². The van der Waals surface area contributed by atoms with Gasteiger partial charge in [0.15, 0.2) is 11.5 Å². The molecule has 0 bridgehead atoms. The van der Waals surface area contributed by atoms with Crippen LogP contribution in [0.25, 0.3) is 22.2 Å². The Morgan fingerprint density at radius 2 is 2.00 bits per heavy atom. The summed E-state index contributed by atoms with van der Waals surface area (Å²) in [7, 11) is 0. The lowest BCUT2D eigenvalue weighted by molar-refractivity contribution is 0.0164. The van der Waals surface area contributed by atoms with Crippen molar-refractivity contribution in [2.75, 3.05) is 18.8 Å². The monoisotopic (exact) mass is 572 g/mol. The summed E-state index contributed by atoms with van der Waals surface area (Å²) in [6.45, 7) is 3.76. The van der Waals surface area contributed by atoms with Crippen LogP contribution in [0.2, 0.25) is 0 Å². The highest BCUT2D eigenvalue weighted by molar-refractivity contribution is 6.04. The average Bonchev–Trinajstić information content (AvgIpc) is 3.20. The number of aliphatic hydroxyl groups is 1. The second-order valence-electron chi connectivity index (χ2n) is 11.5. The number of hydrogen-bond donors (Lipinski definition) is 3. The van der Waals surface area contributed by atoms with Gasteiger partial charge in [-0.1, -0.05) is 36.1 Å². The normalized spacial score (nSPS) is 24.5. The van der Waals surface area contributed by atoms with E-state index in [9.17, 15) is 14.7 Å². The minimum absolute atomic E-state index is 0.0459. The van der Waals surface area contributed by atoms with E-state index in [2.05, 4.69) is 32.1 Å². The molecular weight excluding hydrogens is 544 g/mol. The molecule has 4 unspecified atom stereocenters. The number of piperidine rings is 1. The summed E-state index contributed by atoms with van der Waals surface area (Å²) in [5, 5.41) is 18.9. The van der Waals surface area contributed by atoms with Gasteiger partial charge in [-0.3, -0.25) is 19.1 Å². The van der Waals surface area contributed by atoms with Crippen molar-refractivity contribution in [1.29, 1.82) is 0 Å². The van der Waals surface area contributed by atoms with Crippen molar-refractivity contribution in [3.63, 3.8) is 0 Å². The third kappa shape index (κ3) is 3.48. The number of carbonyl (C=O) groups is 1. The second-order valence-corrected chi connectivity index (χ2v) is 11.5. The van der Waals surface area contributed by atoms with Gasteiger partial charge in [0.2, 0.25) is 0 Å². The number of nitrogens with two attached hydrogens (primary N) is 1. The van der Waals surface area contributed by atoms with Crippen LogP contribution in [-0.2, 0) is 0 Å². The van der Waals surface area contributed by atoms with E-state index in [1.165, 1.54) is 9.08 Å². The molecule has 2 aliphatic heterocycles. The molecule has 2 saturated heterocycles. The predicted molar refractivity (Wildman–Crippen MR) is 159 cm³/mol. The van der Waals surface area contributed by atoms with Crippen molar-refractivity contribution >= 4 is 28.3 Å². The molecule has 4 atom stereocenters. The highest BCUT2D eigenvalue weighted by Crippen LogP contribution is 2.69. The number of fused-ring (bicyclic) bond motifs is 2. The zero-order valence-corrected chi connectivity index (χ0v) is 23.4. The van der Waals surface area contributed by atoms with Crippen molar-refractivity contribution < 1.29 is 9.90 Å². The zero-order valence-electron chi connectivity index (χ0n) is 23.4. The van der Waals surface area contributed by atoms with E-state index in [4.69, 9.17) is 10.7 Å². The first-order chi connectivity index (χ1) is 20.8. The first kappa shape index (κ1) is 25.6. The molecular formula is C32H28N8O3. The molecule has 3 fully saturated rings. The number of benzene rings is 2. The molecule has 5 heterocycles. The molecule has 0 radical (unpaired) electrons. The predicted octanol–water partition coefficient (Wildman–Crippen LogP) is 2.06. The fourth-order valence-corrected chi connectivity index (χ4v) is 7.25. The lowest BCUT2D eigenvalue weighted by atomic mass is 9.97. The van der Waals surface area contributed by atoms with Crippen LogP contribution in [0.15, 0.2) is 71.8 Å². The first-order valence-corrected chi connectivity index (χ1v) is 14.3. The molecule has 3 aromatic heterocycles. The summed E-state index contributed by atoms with van der Waals surface area (Å²) in [5.41, 5.74) is 6.52. The van der Waals surface area contributed by atoms with E-state index in [0.29, 0.717) is 33.6 Å². The molecule has 2 aromatic carbocycles. The molecule has 4 N–H and O–H groups in total. The Morgan fingerprint density at radius 1 is 1.16 bits per heavy atom. The number of nitrogen functional groups attached to an aromatic ring is 1. The highest BCUT2D eigenvalue weighted by atomic mass is 16.3. The number of para-hydroxylation sites is 1. The van der Waals surface area contributed by atoms with Gasteiger partial charge in [-0.2, -0.15) is 0 Å². The van der Waals surface area contributed by atoms with E-state index in [1.807, 2.05) is 30.3 Å². The fourth-order valence-electron chi connectivity index (χ4n) is 7.25. The summed E-state index contributed by atoms with van der Waals surface area (Å²) >= 11 is 0. The number of aromatic nitrogens is 5. The molecule has 43 heavy (non-hydrogen) atoms. The van der Waals surface area contributed by atoms with Gasteiger partial charge in [-0.15, -0.1) is 5.10 Å². The Labute approximate surface area is 246 Å². The van der Waals surface area contributed by atoms with Gasteiger partial charge in [-0.05, 0) is 56.6 Å². The van der Waals surface area contributed by atoms with Gasteiger partial charge in [-0.25, -0.2) is 14.5 Å². The van der Waals surface area contributed by atoms with Crippen molar-refractivity contribution in [2.45, 2.75) is 36.9 Å². The summed E-state index contributed by atoms with van der Waals surface area (Å²) in [5.74, 6) is 6.37. The average molecular weight is 573 g/mol. The van der Waals surface area contributed by atoms with Crippen molar-refractivity contribution in [1.82, 2.24) is 34.4 Å². The smallest absolute Gasteiger partial charge is 0.267 e. The minimum Gasteiger partial charge on any atom is -0.381 e. The van der Waals surface area contributed by atoms with Gasteiger partial charge < -0.3 is 16.2 Å². The zero-order chi connectivity index (χ0) is 29.5. The SMILES string of the molecule is CC(NC(=O)c1c(N)nn2cccnc12)c1nc2cccc(C#CC3(O)C4CCN5CCC453)c2c(=O)n1-c1ccccc1. The maximum Gasteiger partial charge on any atom is 0.267 e. The first-order valence-electron chi connectivity index (χ1n) is 14.3. The Balaban J connectivity index is 1.22. The summed E-state index contributed by atoms with van der Waals surface area (Å²) in [4.78, 5) is 39.2. The van der Waals surface area contributed by atoms with E-state index >= 15 is 0 Å². The number of amides is 1. The standard InChI is InChI=1S/C32H28N8O3/c1-19(35-29(41)25-26(33)37-39-16-6-15-34-28(25)39)27-36-22-10-5-7-20(24(22)30(42)40(27)21-8-3-2-4-9-21)11-13-32(43)23-12-17-38-18-14-31(23,32)38/h2-10,15-16,19,23,43H,12,14,17-18H2,1H3,(H2,33,37)(H,35,41). The van der Waals surface area contributed by atoms with Gasteiger partial charge >= 0.3 is 0 Å². The Bertz CT molecular complexity index is 2090. The third-order valence-corrected chi connectivity index (χ3v) is 9.38. The number of rotatable bonds is 4. The van der Waals surface area contributed by atoms with Crippen molar-refractivity contribution in [3.05, 3.63) is 94.3 Å². The summed E-state index contributed by atoms with van der Waals surface area (Å²) < 4.78 is 2.95. The largest absolute Gasteiger partial charge is 0.381 e. The van der Waals surface area contributed by atoms with Crippen LogP contribution in [0.3, 0.4) is 0 Å². The van der Waals surface area contributed by atoms with E-state index in [0.717, 1.165) is 25.9 Å². The van der Waals surface area contributed by atoms with Crippen molar-refractivity contribution in [3.8, 4) is 17.5 Å². The Morgan fingerprint density at radius 3 is 2.77 bits per heavy atom. The molecule has 1 saturated carbocycles. The molecule has 1 spiro atoms. The molecule has 3 aliphatic rings. The summed E-state index contributed by atoms with van der Waals surface area (Å²) in [6, 6.07) is 15.5. The molecule has 8 rings (SSSR count). The van der Waals surface area contributed by atoms with Crippen LogP contribution in [0.5, 0.6) is 0 Å². The quantitative estimate of drug-likeness (QED) is 0.278. The minimum atomic E-state index is -1.05.